The zero-order valence-corrected chi connectivity index (χ0v) is 13.0. The highest BCUT2D eigenvalue weighted by molar-refractivity contribution is 5.65. The van der Waals surface area contributed by atoms with Gasteiger partial charge in [0.25, 0.3) is 0 Å². The molecule has 3 aromatic rings. The Morgan fingerprint density at radius 3 is 2.17 bits per heavy atom. The largest absolute Gasteiger partial charge is 0.388 e. The zero-order valence-electron chi connectivity index (χ0n) is 13.0. The molecule has 0 unspecified atom stereocenters. The molecule has 1 aliphatic carbocycles. The normalized spacial score (nSPS) is 20.0. The third kappa shape index (κ3) is 2.80. The Labute approximate surface area is 137 Å². The van der Waals surface area contributed by atoms with Crippen LogP contribution in [0.2, 0.25) is 0 Å². The highest BCUT2D eigenvalue weighted by atomic mass is 16.3. The van der Waals surface area contributed by atoms with E-state index in [1.165, 1.54) is 22.3 Å². The topological polar surface area (TPSA) is 20.2 Å². The van der Waals surface area contributed by atoms with E-state index in [9.17, 15) is 5.11 Å². The zero-order chi connectivity index (χ0) is 15.6. The van der Waals surface area contributed by atoms with Crippen molar-refractivity contribution in [2.45, 2.75) is 24.9 Å². The molecule has 0 saturated heterocycles. The number of aliphatic hydroxyl groups is 1. The molecule has 0 aliphatic heterocycles. The molecule has 0 heterocycles. The van der Waals surface area contributed by atoms with Crippen molar-refractivity contribution in [3.8, 4) is 11.1 Å². The summed E-state index contributed by atoms with van der Waals surface area (Å²) >= 11 is 0. The number of hydrogen-bond acceptors (Lipinski definition) is 1. The summed E-state index contributed by atoms with van der Waals surface area (Å²) in [5.41, 5.74) is 6.08. The van der Waals surface area contributed by atoms with Crippen molar-refractivity contribution in [1.82, 2.24) is 0 Å². The number of benzene rings is 3. The van der Waals surface area contributed by atoms with Crippen molar-refractivity contribution in [2.24, 2.45) is 0 Å². The molecule has 2 atom stereocenters. The Morgan fingerprint density at radius 2 is 1.43 bits per heavy atom. The van der Waals surface area contributed by atoms with Gasteiger partial charge in [-0.3, -0.25) is 0 Å². The lowest BCUT2D eigenvalue weighted by Crippen LogP contribution is -2.17. The van der Waals surface area contributed by atoms with Crippen molar-refractivity contribution in [3.05, 3.63) is 95.6 Å². The molecule has 0 fully saturated rings. The highest BCUT2D eigenvalue weighted by Gasteiger charge is 2.26. The molecule has 0 spiro atoms. The van der Waals surface area contributed by atoms with E-state index in [1.54, 1.807) is 0 Å². The predicted octanol–water partition coefficient (Wildman–Crippen LogP) is 5.12. The molecular weight excluding hydrogens is 280 g/mol. The first-order valence-electron chi connectivity index (χ1n) is 8.22. The van der Waals surface area contributed by atoms with Gasteiger partial charge < -0.3 is 5.11 Å². The Balaban J connectivity index is 1.68. The second kappa shape index (κ2) is 6.02. The van der Waals surface area contributed by atoms with Crippen LogP contribution in [0, 0.1) is 0 Å². The van der Waals surface area contributed by atoms with Crippen molar-refractivity contribution in [2.75, 3.05) is 0 Å². The van der Waals surface area contributed by atoms with E-state index < -0.39 is 0 Å². The summed E-state index contributed by atoms with van der Waals surface area (Å²) in [6.07, 6.45) is 1.42. The second-order valence-electron chi connectivity index (χ2n) is 6.34. The van der Waals surface area contributed by atoms with Gasteiger partial charge in [0.2, 0.25) is 0 Å². The average Bonchev–Trinajstić information content (AvgIpc) is 2.63. The van der Waals surface area contributed by atoms with Gasteiger partial charge in [-0.05, 0) is 52.6 Å². The lowest BCUT2D eigenvalue weighted by molar-refractivity contribution is 0.147. The van der Waals surface area contributed by atoms with Crippen LogP contribution in [0.3, 0.4) is 0 Å². The lowest BCUT2D eigenvalue weighted by atomic mass is 9.78. The average molecular weight is 300 g/mol. The van der Waals surface area contributed by atoms with Crippen LogP contribution in [0.25, 0.3) is 11.1 Å². The number of fused-ring (bicyclic) bond motifs is 1. The Kier molecular flexibility index (Phi) is 3.72. The molecule has 1 nitrogen and oxygen atoms in total. The molecule has 0 radical (unpaired) electrons. The molecule has 0 saturated carbocycles. The fraction of sp³-hybridized carbons (Fsp3) is 0.182. The molecule has 114 valence electrons. The van der Waals surface area contributed by atoms with Gasteiger partial charge in [-0.15, -0.1) is 0 Å². The van der Waals surface area contributed by atoms with Crippen LogP contribution in [-0.4, -0.2) is 5.11 Å². The van der Waals surface area contributed by atoms with E-state index >= 15 is 0 Å². The standard InChI is InChI=1S/C22H20O/c23-22-15-20(17-9-5-2-6-10-17)13-19-12-11-18(14-21(19)22)16-7-3-1-4-8-16/h1-12,14,20,22-23H,13,15H2/t20-,22+/m1/s1. The van der Waals surface area contributed by atoms with E-state index in [0.29, 0.717) is 5.92 Å². The van der Waals surface area contributed by atoms with E-state index in [2.05, 4.69) is 66.7 Å². The summed E-state index contributed by atoms with van der Waals surface area (Å²) in [6.45, 7) is 0. The first-order valence-corrected chi connectivity index (χ1v) is 8.22. The number of hydrogen-bond donors (Lipinski definition) is 1. The summed E-state index contributed by atoms with van der Waals surface area (Å²) in [5, 5.41) is 10.7. The first kappa shape index (κ1) is 14.2. The summed E-state index contributed by atoms with van der Waals surface area (Å²) < 4.78 is 0. The minimum atomic E-state index is -0.382. The smallest absolute Gasteiger partial charge is 0.0798 e. The molecule has 23 heavy (non-hydrogen) atoms. The van der Waals surface area contributed by atoms with Crippen LogP contribution in [0.15, 0.2) is 78.9 Å². The van der Waals surface area contributed by atoms with E-state index in [-0.39, 0.29) is 6.10 Å². The van der Waals surface area contributed by atoms with Gasteiger partial charge in [0, 0.05) is 0 Å². The summed E-state index contributed by atoms with van der Waals surface area (Å²) in [5.74, 6) is 0.404. The SMILES string of the molecule is O[C@H]1C[C@H](c2ccccc2)Cc2ccc(-c3ccccc3)cc21. The maximum Gasteiger partial charge on any atom is 0.0798 e. The number of aliphatic hydroxyl groups excluding tert-OH is 1. The van der Waals surface area contributed by atoms with Crippen LogP contribution in [0.5, 0.6) is 0 Å². The van der Waals surface area contributed by atoms with Crippen LogP contribution in [0.4, 0.5) is 0 Å². The Bertz CT molecular complexity index is 793. The molecule has 1 heteroatoms. The summed E-state index contributed by atoms with van der Waals surface area (Å²) in [7, 11) is 0. The van der Waals surface area contributed by atoms with Gasteiger partial charge in [0.1, 0.15) is 0 Å². The maximum absolute atomic E-state index is 10.7. The van der Waals surface area contributed by atoms with Gasteiger partial charge in [0.15, 0.2) is 0 Å². The first-order chi connectivity index (χ1) is 11.3. The molecule has 0 aromatic heterocycles. The number of rotatable bonds is 2. The maximum atomic E-state index is 10.7. The monoisotopic (exact) mass is 300 g/mol. The third-order valence-corrected chi connectivity index (χ3v) is 4.86. The van der Waals surface area contributed by atoms with E-state index in [4.69, 9.17) is 0 Å². The Morgan fingerprint density at radius 1 is 0.739 bits per heavy atom. The minimum absolute atomic E-state index is 0.382. The molecule has 0 amide bonds. The molecule has 0 bridgehead atoms. The van der Waals surface area contributed by atoms with E-state index in [0.717, 1.165) is 18.4 Å². The van der Waals surface area contributed by atoms with Crippen LogP contribution in [-0.2, 0) is 6.42 Å². The van der Waals surface area contributed by atoms with Crippen molar-refractivity contribution in [1.29, 1.82) is 0 Å². The third-order valence-electron chi connectivity index (χ3n) is 4.86. The van der Waals surface area contributed by atoms with Gasteiger partial charge in [-0.2, -0.15) is 0 Å². The fourth-order valence-electron chi connectivity index (χ4n) is 3.63. The lowest BCUT2D eigenvalue weighted by Gasteiger charge is -2.29. The fourth-order valence-corrected chi connectivity index (χ4v) is 3.63. The summed E-state index contributed by atoms with van der Waals surface area (Å²) in [4.78, 5) is 0. The van der Waals surface area contributed by atoms with Gasteiger partial charge in [0.05, 0.1) is 6.10 Å². The minimum Gasteiger partial charge on any atom is -0.388 e. The quantitative estimate of drug-likeness (QED) is 0.696. The van der Waals surface area contributed by atoms with Crippen LogP contribution < -0.4 is 0 Å². The van der Waals surface area contributed by atoms with Gasteiger partial charge in [-0.1, -0.05) is 72.8 Å². The van der Waals surface area contributed by atoms with Crippen molar-refractivity contribution >= 4 is 0 Å². The second-order valence-corrected chi connectivity index (χ2v) is 6.34. The van der Waals surface area contributed by atoms with Crippen LogP contribution in [0.1, 0.15) is 35.1 Å². The van der Waals surface area contributed by atoms with Crippen molar-refractivity contribution < 1.29 is 5.11 Å². The van der Waals surface area contributed by atoms with Crippen molar-refractivity contribution in [3.63, 3.8) is 0 Å². The molecular formula is C22H20O. The molecule has 4 rings (SSSR count). The molecule has 3 aromatic carbocycles. The Hall–Kier alpha value is -2.38. The van der Waals surface area contributed by atoms with E-state index in [1.807, 2.05) is 12.1 Å². The van der Waals surface area contributed by atoms with Crippen LogP contribution >= 0.6 is 0 Å². The highest BCUT2D eigenvalue weighted by Crippen LogP contribution is 2.40. The molecule has 1 N–H and O–H groups in total. The van der Waals surface area contributed by atoms with Gasteiger partial charge in [-0.25, -0.2) is 0 Å². The molecule has 1 aliphatic rings. The predicted molar refractivity (Wildman–Crippen MR) is 94.3 cm³/mol. The van der Waals surface area contributed by atoms with Gasteiger partial charge >= 0.3 is 0 Å². The summed E-state index contributed by atoms with van der Waals surface area (Å²) in [6, 6.07) is 27.4.